The summed E-state index contributed by atoms with van der Waals surface area (Å²) in [6, 6.07) is 13.6. The molecule has 0 radical (unpaired) electrons. The second-order valence-corrected chi connectivity index (χ2v) is 5.35. The second-order valence-electron chi connectivity index (χ2n) is 4.91. The Balaban J connectivity index is 2.55. The highest BCUT2D eigenvalue weighted by atomic mass is 35.5. The molecule has 0 saturated heterocycles. The van der Waals surface area contributed by atoms with Crippen molar-refractivity contribution in [2.24, 2.45) is 5.73 Å². The van der Waals surface area contributed by atoms with Crippen molar-refractivity contribution in [1.29, 1.82) is 0 Å². The van der Waals surface area contributed by atoms with E-state index >= 15 is 0 Å². The van der Waals surface area contributed by atoms with Crippen LogP contribution in [-0.4, -0.2) is 7.11 Å². The van der Waals surface area contributed by atoms with Gasteiger partial charge < -0.3 is 10.5 Å². The molecular formula is C16H18ClNO. The molecule has 19 heavy (non-hydrogen) atoms. The Morgan fingerprint density at radius 2 is 1.74 bits per heavy atom. The molecular weight excluding hydrogens is 258 g/mol. The molecule has 100 valence electrons. The third-order valence-corrected chi connectivity index (χ3v) is 3.61. The molecule has 0 aliphatic heterocycles. The van der Waals surface area contributed by atoms with Gasteiger partial charge in [0.2, 0.25) is 0 Å². The molecule has 2 aromatic carbocycles. The Hall–Kier alpha value is -1.51. The molecule has 0 aliphatic carbocycles. The fraction of sp³-hybridized carbons (Fsp3) is 0.250. The lowest BCUT2D eigenvalue weighted by atomic mass is 9.84. The molecule has 0 bridgehead atoms. The van der Waals surface area contributed by atoms with Gasteiger partial charge in [-0.05, 0) is 37.6 Å². The van der Waals surface area contributed by atoms with Crippen molar-refractivity contribution >= 4 is 11.6 Å². The Morgan fingerprint density at radius 1 is 1.11 bits per heavy atom. The van der Waals surface area contributed by atoms with E-state index in [2.05, 4.69) is 6.07 Å². The van der Waals surface area contributed by atoms with Gasteiger partial charge in [-0.3, -0.25) is 0 Å². The number of ether oxygens (including phenoxy) is 1. The fourth-order valence-electron chi connectivity index (χ4n) is 2.18. The summed E-state index contributed by atoms with van der Waals surface area (Å²) < 4.78 is 5.43. The molecule has 2 N–H and O–H groups in total. The summed E-state index contributed by atoms with van der Waals surface area (Å²) in [4.78, 5) is 0. The summed E-state index contributed by atoms with van der Waals surface area (Å²) >= 11 is 5.93. The van der Waals surface area contributed by atoms with Crippen LogP contribution in [0.3, 0.4) is 0 Å². The summed E-state index contributed by atoms with van der Waals surface area (Å²) in [5.41, 5.74) is 9.03. The van der Waals surface area contributed by atoms with E-state index in [1.165, 1.54) is 0 Å². The van der Waals surface area contributed by atoms with Gasteiger partial charge in [0, 0.05) is 10.6 Å². The van der Waals surface area contributed by atoms with Crippen LogP contribution in [0, 0.1) is 6.92 Å². The van der Waals surface area contributed by atoms with Crippen LogP contribution in [0.2, 0.25) is 5.02 Å². The number of aryl methyl sites for hydroxylation is 1. The van der Waals surface area contributed by atoms with E-state index in [0.29, 0.717) is 5.02 Å². The normalized spacial score (nSPS) is 13.9. The average Bonchev–Trinajstić information content (AvgIpc) is 2.39. The van der Waals surface area contributed by atoms with Crippen LogP contribution in [0.4, 0.5) is 0 Å². The van der Waals surface area contributed by atoms with E-state index in [1.54, 1.807) is 7.11 Å². The van der Waals surface area contributed by atoms with E-state index in [-0.39, 0.29) is 0 Å². The van der Waals surface area contributed by atoms with Gasteiger partial charge in [-0.2, -0.15) is 0 Å². The Morgan fingerprint density at radius 3 is 2.32 bits per heavy atom. The SMILES string of the molecule is COc1ccc(C)cc1C(C)(N)c1ccc(Cl)cc1. The number of hydrogen-bond acceptors (Lipinski definition) is 2. The number of halogens is 1. The van der Waals surface area contributed by atoms with Gasteiger partial charge in [-0.15, -0.1) is 0 Å². The topological polar surface area (TPSA) is 35.2 Å². The molecule has 0 amide bonds. The lowest BCUT2D eigenvalue weighted by molar-refractivity contribution is 0.398. The number of benzene rings is 2. The van der Waals surface area contributed by atoms with Gasteiger partial charge >= 0.3 is 0 Å². The predicted molar refractivity (Wildman–Crippen MR) is 79.8 cm³/mol. The minimum absolute atomic E-state index is 0.623. The van der Waals surface area contributed by atoms with Crippen molar-refractivity contribution in [3.05, 3.63) is 64.2 Å². The lowest BCUT2D eigenvalue weighted by Gasteiger charge is -2.28. The molecule has 0 aromatic heterocycles. The molecule has 0 fully saturated rings. The van der Waals surface area contributed by atoms with Gasteiger partial charge in [0.15, 0.2) is 0 Å². The zero-order valence-electron chi connectivity index (χ0n) is 11.4. The molecule has 1 unspecified atom stereocenters. The van der Waals surface area contributed by atoms with Crippen LogP contribution < -0.4 is 10.5 Å². The minimum Gasteiger partial charge on any atom is -0.496 e. The number of hydrogen-bond donors (Lipinski definition) is 1. The summed E-state index contributed by atoms with van der Waals surface area (Å²) in [6.07, 6.45) is 0. The number of nitrogens with two attached hydrogens (primary N) is 1. The molecule has 0 heterocycles. The minimum atomic E-state index is -0.623. The summed E-state index contributed by atoms with van der Waals surface area (Å²) in [5, 5.41) is 0.704. The summed E-state index contributed by atoms with van der Waals surface area (Å²) in [7, 11) is 1.66. The highest BCUT2D eigenvalue weighted by Crippen LogP contribution is 2.34. The first-order chi connectivity index (χ1) is 8.95. The molecule has 0 spiro atoms. The van der Waals surface area contributed by atoms with Gasteiger partial charge in [-0.1, -0.05) is 41.4 Å². The third-order valence-electron chi connectivity index (χ3n) is 3.36. The number of rotatable bonds is 3. The maximum absolute atomic E-state index is 6.53. The zero-order chi connectivity index (χ0) is 14.0. The van der Waals surface area contributed by atoms with Crippen molar-refractivity contribution < 1.29 is 4.74 Å². The van der Waals surface area contributed by atoms with Crippen LogP contribution in [-0.2, 0) is 5.54 Å². The monoisotopic (exact) mass is 275 g/mol. The fourth-order valence-corrected chi connectivity index (χ4v) is 2.31. The highest BCUT2D eigenvalue weighted by molar-refractivity contribution is 6.30. The second kappa shape index (κ2) is 5.24. The van der Waals surface area contributed by atoms with Crippen LogP contribution >= 0.6 is 11.6 Å². The standard InChI is InChI=1S/C16H18ClNO/c1-11-4-9-15(19-3)14(10-11)16(2,18)12-5-7-13(17)8-6-12/h4-10H,18H2,1-3H3. The molecule has 2 aromatic rings. The van der Waals surface area contributed by atoms with Crippen LogP contribution in [0.25, 0.3) is 0 Å². The van der Waals surface area contributed by atoms with E-state index in [9.17, 15) is 0 Å². The van der Waals surface area contributed by atoms with Gasteiger partial charge in [-0.25, -0.2) is 0 Å². The smallest absolute Gasteiger partial charge is 0.124 e. The van der Waals surface area contributed by atoms with Crippen molar-refractivity contribution in [3.63, 3.8) is 0 Å². The summed E-state index contributed by atoms with van der Waals surface area (Å²) in [6.45, 7) is 4.02. The van der Waals surface area contributed by atoms with E-state index < -0.39 is 5.54 Å². The maximum atomic E-state index is 6.53. The highest BCUT2D eigenvalue weighted by Gasteiger charge is 2.27. The lowest BCUT2D eigenvalue weighted by Crippen LogP contribution is -2.34. The van der Waals surface area contributed by atoms with E-state index in [0.717, 1.165) is 22.4 Å². The Bertz CT molecular complexity index is 576. The van der Waals surface area contributed by atoms with E-state index in [1.807, 2.05) is 50.2 Å². The molecule has 3 heteroatoms. The average molecular weight is 276 g/mol. The van der Waals surface area contributed by atoms with Crippen molar-refractivity contribution in [1.82, 2.24) is 0 Å². The molecule has 2 rings (SSSR count). The van der Waals surface area contributed by atoms with Gasteiger partial charge in [0.05, 0.1) is 12.6 Å². The first-order valence-corrected chi connectivity index (χ1v) is 6.53. The first kappa shape index (κ1) is 13.9. The number of methoxy groups -OCH3 is 1. The van der Waals surface area contributed by atoms with E-state index in [4.69, 9.17) is 22.1 Å². The third kappa shape index (κ3) is 2.75. The maximum Gasteiger partial charge on any atom is 0.124 e. The Labute approximate surface area is 119 Å². The summed E-state index contributed by atoms with van der Waals surface area (Å²) in [5.74, 6) is 0.797. The zero-order valence-corrected chi connectivity index (χ0v) is 12.2. The van der Waals surface area contributed by atoms with Crippen molar-refractivity contribution in [2.75, 3.05) is 7.11 Å². The van der Waals surface area contributed by atoms with Crippen LogP contribution in [0.1, 0.15) is 23.6 Å². The quantitative estimate of drug-likeness (QED) is 0.923. The molecule has 2 nitrogen and oxygen atoms in total. The molecule has 1 atom stereocenters. The first-order valence-electron chi connectivity index (χ1n) is 6.15. The Kier molecular flexibility index (Phi) is 3.83. The van der Waals surface area contributed by atoms with Crippen molar-refractivity contribution in [3.8, 4) is 5.75 Å². The predicted octanol–water partition coefficient (Wildman–Crippen LogP) is 3.88. The largest absolute Gasteiger partial charge is 0.496 e. The van der Waals surface area contributed by atoms with Gasteiger partial charge in [0.1, 0.15) is 5.75 Å². The van der Waals surface area contributed by atoms with Crippen LogP contribution in [0.15, 0.2) is 42.5 Å². The van der Waals surface area contributed by atoms with Crippen LogP contribution in [0.5, 0.6) is 5.75 Å². The van der Waals surface area contributed by atoms with Gasteiger partial charge in [0.25, 0.3) is 0 Å². The molecule has 0 aliphatic rings. The molecule has 0 saturated carbocycles. The van der Waals surface area contributed by atoms with Crippen molar-refractivity contribution in [2.45, 2.75) is 19.4 Å².